The molecule has 0 radical (unpaired) electrons. The van der Waals surface area contributed by atoms with Gasteiger partial charge in [-0.05, 0) is 48.9 Å². The summed E-state index contributed by atoms with van der Waals surface area (Å²) in [6.45, 7) is 3.95. The van der Waals surface area contributed by atoms with Crippen LogP contribution in [0.15, 0.2) is 24.3 Å². The first-order valence-corrected chi connectivity index (χ1v) is 7.41. The van der Waals surface area contributed by atoms with Crippen molar-refractivity contribution in [3.63, 3.8) is 0 Å². The standard InChI is InChI=1S/C16H24FNO2/c1-2-16(8-3-9-16)12-18-10-14(19)11-20-15-6-4-13(17)5-7-15/h4-7,14,18-19H,2-3,8-12H2,1H3. The Morgan fingerprint density at radius 3 is 2.60 bits per heavy atom. The van der Waals surface area contributed by atoms with Crippen LogP contribution in [-0.4, -0.2) is 30.9 Å². The van der Waals surface area contributed by atoms with Gasteiger partial charge in [-0.2, -0.15) is 0 Å². The van der Waals surface area contributed by atoms with Gasteiger partial charge in [-0.1, -0.05) is 13.3 Å². The van der Waals surface area contributed by atoms with Gasteiger partial charge in [0.15, 0.2) is 0 Å². The van der Waals surface area contributed by atoms with Crippen LogP contribution in [0.3, 0.4) is 0 Å². The van der Waals surface area contributed by atoms with Gasteiger partial charge < -0.3 is 15.2 Å². The molecule has 0 aromatic heterocycles. The highest BCUT2D eigenvalue weighted by Gasteiger charge is 2.34. The molecule has 0 aliphatic heterocycles. The molecule has 1 aliphatic rings. The molecule has 0 amide bonds. The largest absolute Gasteiger partial charge is 0.491 e. The quantitative estimate of drug-likeness (QED) is 0.770. The van der Waals surface area contributed by atoms with E-state index >= 15 is 0 Å². The van der Waals surface area contributed by atoms with Gasteiger partial charge in [0.1, 0.15) is 24.3 Å². The average molecular weight is 281 g/mol. The van der Waals surface area contributed by atoms with Crippen LogP contribution in [0.2, 0.25) is 0 Å². The predicted octanol–water partition coefficient (Wildman–Crippen LogP) is 2.74. The van der Waals surface area contributed by atoms with Crippen molar-refractivity contribution in [1.82, 2.24) is 5.32 Å². The van der Waals surface area contributed by atoms with Gasteiger partial charge in [0, 0.05) is 13.1 Å². The van der Waals surface area contributed by atoms with E-state index in [2.05, 4.69) is 12.2 Å². The lowest BCUT2D eigenvalue weighted by Gasteiger charge is -2.41. The fourth-order valence-electron chi connectivity index (χ4n) is 2.62. The zero-order valence-corrected chi connectivity index (χ0v) is 12.1. The molecule has 4 heteroatoms. The Labute approximate surface area is 120 Å². The molecule has 0 bridgehead atoms. The van der Waals surface area contributed by atoms with Gasteiger partial charge >= 0.3 is 0 Å². The Balaban J connectivity index is 1.63. The highest BCUT2D eigenvalue weighted by molar-refractivity contribution is 5.22. The summed E-state index contributed by atoms with van der Waals surface area (Å²) in [4.78, 5) is 0. The summed E-state index contributed by atoms with van der Waals surface area (Å²) in [7, 11) is 0. The van der Waals surface area contributed by atoms with Crippen LogP contribution >= 0.6 is 0 Å². The van der Waals surface area contributed by atoms with Crippen molar-refractivity contribution in [2.75, 3.05) is 19.7 Å². The molecule has 2 rings (SSSR count). The van der Waals surface area contributed by atoms with Crippen LogP contribution in [0.5, 0.6) is 5.75 Å². The van der Waals surface area contributed by atoms with Crippen LogP contribution in [0.4, 0.5) is 4.39 Å². The van der Waals surface area contributed by atoms with Crippen molar-refractivity contribution in [1.29, 1.82) is 0 Å². The molecule has 1 aromatic rings. The maximum atomic E-state index is 12.7. The fourth-order valence-corrected chi connectivity index (χ4v) is 2.62. The van der Waals surface area contributed by atoms with Gasteiger partial charge in [0.05, 0.1) is 0 Å². The second-order valence-corrected chi connectivity index (χ2v) is 5.76. The predicted molar refractivity (Wildman–Crippen MR) is 77.3 cm³/mol. The lowest BCUT2D eigenvalue weighted by atomic mass is 9.67. The summed E-state index contributed by atoms with van der Waals surface area (Å²) >= 11 is 0. The van der Waals surface area contributed by atoms with Crippen molar-refractivity contribution < 1.29 is 14.2 Å². The van der Waals surface area contributed by atoms with Gasteiger partial charge in [-0.25, -0.2) is 4.39 Å². The smallest absolute Gasteiger partial charge is 0.123 e. The average Bonchev–Trinajstić information content (AvgIpc) is 2.41. The Hall–Kier alpha value is -1.13. The summed E-state index contributed by atoms with van der Waals surface area (Å²) in [6, 6.07) is 5.83. The number of aliphatic hydroxyl groups is 1. The maximum absolute atomic E-state index is 12.7. The molecule has 1 saturated carbocycles. The van der Waals surface area contributed by atoms with E-state index in [1.807, 2.05) is 0 Å². The summed E-state index contributed by atoms with van der Waals surface area (Å²) in [5.41, 5.74) is 0.456. The van der Waals surface area contributed by atoms with Crippen molar-refractivity contribution in [3.8, 4) is 5.75 Å². The van der Waals surface area contributed by atoms with Gasteiger partial charge in [0.25, 0.3) is 0 Å². The van der Waals surface area contributed by atoms with E-state index in [0.29, 0.717) is 17.7 Å². The SMILES string of the molecule is CCC1(CNCC(O)COc2ccc(F)cc2)CCC1. The maximum Gasteiger partial charge on any atom is 0.123 e. The summed E-state index contributed by atoms with van der Waals surface area (Å²) < 4.78 is 18.1. The topological polar surface area (TPSA) is 41.5 Å². The molecule has 0 spiro atoms. The molecular weight excluding hydrogens is 257 g/mol. The third-order valence-electron chi connectivity index (χ3n) is 4.30. The number of nitrogens with one attached hydrogen (secondary N) is 1. The molecule has 0 saturated heterocycles. The lowest BCUT2D eigenvalue weighted by Crippen LogP contribution is -2.42. The zero-order valence-electron chi connectivity index (χ0n) is 12.1. The summed E-state index contributed by atoms with van der Waals surface area (Å²) in [5.74, 6) is 0.291. The van der Waals surface area contributed by atoms with Crippen LogP contribution < -0.4 is 10.1 Å². The Kier molecular flexibility index (Phi) is 5.38. The van der Waals surface area contributed by atoms with E-state index in [1.165, 1.54) is 37.8 Å². The summed E-state index contributed by atoms with van der Waals surface area (Å²) in [6.07, 6.45) is 4.56. The van der Waals surface area contributed by atoms with Crippen LogP contribution in [-0.2, 0) is 0 Å². The molecule has 1 atom stereocenters. The van der Waals surface area contributed by atoms with Crippen molar-refractivity contribution >= 4 is 0 Å². The van der Waals surface area contributed by atoms with E-state index in [0.717, 1.165) is 6.54 Å². The lowest BCUT2D eigenvalue weighted by molar-refractivity contribution is 0.0869. The molecule has 3 nitrogen and oxygen atoms in total. The number of benzene rings is 1. The first kappa shape index (κ1) is 15.3. The number of aliphatic hydroxyl groups excluding tert-OH is 1. The molecule has 1 aromatic carbocycles. The molecule has 1 aliphatic carbocycles. The van der Waals surface area contributed by atoms with Gasteiger partial charge in [-0.15, -0.1) is 0 Å². The van der Waals surface area contributed by atoms with Crippen molar-refractivity contribution in [2.45, 2.75) is 38.7 Å². The molecule has 112 valence electrons. The van der Waals surface area contributed by atoms with Gasteiger partial charge in [-0.3, -0.25) is 0 Å². The number of hydrogen-bond acceptors (Lipinski definition) is 3. The third-order valence-corrected chi connectivity index (χ3v) is 4.30. The minimum atomic E-state index is -0.547. The molecule has 1 unspecified atom stereocenters. The van der Waals surface area contributed by atoms with Crippen molar-refractivity contribution in [3.05, 3.63) is 30.1 Å². The van der Waals surface area contributed by atoms with E-state index in [-0.39, 0.29) is 12.4 Å². The number of halogens is 1. The van der Waals surface area contributed by atoms with Crippen molar-refractivity contribution in [2.24, 2.45) is 5.41 Å². The molecule has 0 heterocycles. The first-order valence-electron chi connectivity index (χ1n) is 7.41. The molecular formula is C16H24FNO2. The molecule has 2 N–H and O–H groups in total. The minimum absolute atomic E-state index is 0.220. The number of rotatable bonds is 8. The third kappa shape index (κ3) is 4.18. The normalized spacial score (nSPS) is 18.4. The second kappa shape index (κ2) is 7.04. The molecule has 20 heavy (non-hydrogen) atoms. The van der Waals surface area contributed by atoms with E-state index < -0.39 is 6.10 Å². The number of ether oxygens (including phenoxy) is 1. The Bertz CT molecular complexity index is 398. The Morgan fingerprint density at radius 1 is 1.35 bits per heavy atom. The second-order valence-electron chi connectivity index (χ2n) is 5.76. The van der Waals surface area contributed by atoms with Crippen LogP contribution in [0, 0.1) is 11.2 Å². The molecule has 1 fully saturated rings. The van der Waals surface area contributed by atoms with E-state index in [4.69, 9.17) is 4.74 Å². The van der Waals surface area contributed by atoms with Crippen LogP contribution in [0.1, 0.15) is 32.6 Å². The highest BCUT2D eigenvalue weighted by atomic mass is 19.1. The monoisotopic (exact) mass is 281 g/mol. The summed E-state index contributed by atoms with van der Waals surface area (Å²) in [5, 5.41) is 13.2. The number of hydrogen-bond donors (Lipinski definition) is 2. The van der Waals surface area contributed by atoms with Crippen LogP contribution in [0.25, 0.3) is 0 Å². The zero-order chi connectivity index (χ0) is 14.4. The van der Waals surface area contributed by atoms with Gasteiger partial charge in [0.2, 0.25) is 0 Å². The van der Waals surface area contributed by atoms with E-state index in [1.54, 1.807) is 12.1 Å². The first-order chi connectivity index (χ1) is 9.63. The highest BCUT2D eigenvalue weighted by Crippen LogP contribution is 2.42. The Morgan fingerprint density at radius 2 is 2.05 bits per heavy atom. The van der Waals surface area contributed by atoms with E-state index in [9.17, 15) is 9.50 Å². The minimum Gasteiger partial charge on any atom is -0.491 e. The fraction of sp³-hybridized carbons (Fsp3) is 0.625.